The largest absolute Gasteiger partial charge is 1.00 e. The summed E-state index contributed by atoms with van der Waals surface area (Å²) in [6, 6.07) is 0. The fraction of sp³-hybridized carbons (Fsp3) is 0.600. The Morgan fingerprint density at radius 1 is 1.54 bits per heavy atom. The Morgan fingerprint density at radius 2 is 2.23 bits per heavy atom. The summed E-state index contributed by atoms with van der Waals surface area (Å²) in [6.07, 6.45) is 4.98. The van der Waals surface area contributed by atoms with Gasteiger partial charge in [0.25, 0.3) is 0 Å². The van der Waals surface area contributed by atoms with Gasteiger partial charge in [-0.3, -0.25) is 0 Å². The summed E-state index contributed by atoms with van der Waals surface area (Å²) in [5.74, 6) is 1.45. The first-order valence-electron chi connectivity index (χ1n) is 4.39. The standard InChI is InChI=1S/C10H16O2.Li/c1-8(2)7-12-10-5-3-4-9(11)6-10;/h4,6,8,11H,3,5,7H2,1-2H3;/q;+1/p-1. The number of ether oxygens (including phenoxy) is 1. The van der Waals surface area contributed by atoms with E-state index >= 15 is 0 Å². The smallest absolute Gasteiger partial charge is 0.873 e. The van der Waals surface area contributed by atoms with E-state index in [0.717, 1.165) is 18.6 Å². The first-order valence-corrected chi connectivity index (χ1v) is 4.39. The Labute approximate surface area is 91.8 Å². The number of rotatable bonds is 3. The molecule has 0 spiro atoms. The van der Waals surface area contributed by atoms with Crippen LogP contribution in [0.5, 0.6) is 0 Å². The normalized spacial score (nSPS) is 15.9. The van der Waals surface area contributed by atoms with Crippen LogP contribution in [0.15, 0.2) is 23.7 Å². The summed E-state index contributed by atoms with van der Waals surface area (Å²) in [5, 5.41) is 10.9. The molecule has 0 bridgehead atoms. The van der Waals surface area contributed by atoms with Crippen LogP contribution >= 0.6 is 0 Å². The van der Waals surface area contributed by atoms with Crippen LogP contribution in [-0.2, 0) is 4.74 Å². The molecule has 0 N–H and O–H groups in total. The van der Waals surface area contributed by atoms with E-state index in [9.17, 15) is 5.11 Å². The van der Waals surface area contributed by atoms with Crippen molar-refractivity contribution in [2.45, 2.75) is 26.7 Å². The maximum Gasteiger partial charge on any atom is 1.00 e. The molecular formula is C10H15LiO2. The van der Waals surface area contributed by atoms with Crippen molar-refractivity contribution in [2.75, 3.05) is 6.61 Å². The summed E-state index contributed by atoms with van der Waals surface area (Å²) in [4.78, 5) is 0. The van der Waals surface area contributed by atoms with Gasteiger partial charge in [0.2, 0.25) is 0 Å². The van der Waals surface area contributed by atoms with Crippen LogP contribution in [0.2, 0.25) is 0 Å². The summed E-state index contributed by atoms with van der Waals surface area (Å²) in [7, 11) is 0. The molecule has 0 aromatic heterocycles. The molecule has 3 heteroatoms. The van der Waals surface area contributed by atoms with Gasteiger partial charge in [-0.25, -0.2) is 0 Å². The van der Waals surface area contributed by atoms with E-state index < -0.39 is 0 Å². The Balaban J connectivity index is 0.00000144. The van der Waals surface area contributed by atoms with E-state index in [2.05, 4.69) is 13.8 Å². The van der Waals surface area contributed by atoms with Crippen LogP contribution in [0, 0.1) is 5.92 Å². The average Bonchev–Trinajstić information content (AvgIpc) is 2.01. The third-order valence-electron chi connectivity index (χ3n) is 1.64. The van der Waals surface area contributed by atoms with E-state index in [1.807, 2.05) is 0 Å². The van der Waals surface area contributed by atoms with Crippen LogP contribution in [0.3, 0.4) is 0 Å². The molecule has 0 fully saturated rings. The summed E-state index contributed by atoms with van der Waals surface area (Å²) in [5.41, 5.74) is 0. The molecule has 0 saturated carbocycles. The number of allylic oxidation sites excluding steroid dienone is 3. The molecule has 1 rings (SSSR count). The first kappa shape index (κ1) is 12.7. The van der Waals surface area contributed by atoms with Gasteiger partial charge in [0.05, 0.1) is 12.4 Å². The Morgan fingerprint density at radius 3 is 2.77 bits per heavy atom. The fourth-order valence-electron chi connectivity index (χ4n) is 1.03. The molecular weight excluding hydrogens is 159 g/mol. The molecule has 0 amide bonds. The molecule has 0 aromatic carbocycles. The predicted molar refractivity (Wildman–Crippen MR) is 46.2 cm³/mol. The zero-order valence-corrected chi connectivity index (χ0v) is 8.67. The molecule has 0 atom stereocenters. The van der Waals surface area contributed by atoms with E-state index in [-0.39, 0.29) is 24.6 Å². The van der Waals surface area contributed by atoms with Gasteiger partial charge < -0.3 is 9.84 Å². The van der Waals surface area contributed by atoms with Crippen molar-refractivity contribution < 1.29 is 28.7 Å². The number of hydrogen-bond donors (Lipinski definition) is 0. The second-order valence-electron chi connectivity index (χ2n) is 3.46. The average molecular weight is 174 g/mol. The zero-order chi connectivity index (χ0) is 8.97. The van der Waals surface area contributed by atoms with Crippen molar-refractivity contribution in [1.82, 2.24) is 0 Å². The van der Waals surface area contributed by atoms with Gasteiger partial charge in [-0.1, -0.05) is 19.9 Å². The van der Waals surface area contributed by atoms with Crippen molar-refractivity contribution >= 4 is 0 Å². The topological polar surface area (TPSA) is 32.3 Å². The minimum atomic E-state index is 0. The minimum absolute atomic E-state index is 0. The fourth-order valence-corrected chi connectivity index (χ4v) is 1.03. The van der Waals surface area contributed by atoms with Gasteiger partial charge in [0, 0.05) is 6.42 Å². The van der Waals surface area contributed by atoms with Gasteiger partial charge >= 0.3 is 18.9 Å². The molecule has 1 aliphatic rings. The minimum Gasteiger partial charge on any atom is -0.873 e. The summed E-state index contributed by atoms with van der Waals surface area (Å²) in [6.45, 7) is 4.90. The van der Waals surface area contributed by atoms with E-state index in [1.54, 1.807) is 12.2 Å². The maximum absolute atomic E-state index is 10.9. The molecule has 2 nitrogen and oxygen atoms in total. The first-order chi connectivity index (χ1) is 5.68. The Kier molecular flexibility index (Phi) is 6.03. The molecule has 0 unspecified atom stereocenters. The van der Waals surface area contributed by atoms with Crippen LogP contribution in [0.1, 0.15) is 26.7 Å². The summed E-state index contributed by atoms with van der Waals surface area (Å²) < 4.78 is 5.44. The quantitative estimate of drug-likeness (QED) is 0.492. The van der Waals surface area contributed by atoms with Crippen molar-refractivity contribution in [3.8, 4) is 0 Å². The molecule has 0 aromatic rings. The van der Waals surface area contributed by atoms with Gasteiger partial charge in [-0.15, -0.1) is 5.76 Å². The van der Waals surface area contributed by atoms with Crippen molar-refractivity contribution in [1.29, 1.82) is 0 Å². The Bertz CT molecular complexity index is 207. The number of hydrogen-bond acceptors (Lipinski definition) is 2. The SMILES string of the molecule is CC(C)COC1=CC([O-])=CCC1.[Li+]. The molecule has 13 heavy (non-hydrogen) atoms. The molecule has 0 radical (unpaired) electrons. The molecule has 1 aliphatic carbocycles. The third-order valence-corrected chi connectivity index (χ3v) is 1.64. The van der Waals surface area contributed by atoms with Gasteiger partial charge in [0.15, 0.2) is 0 Å². The van der Waals surface area contributed by atoms with Crippen LogP contribution in [0.4, 0.5) is 0 Å². The van der Waals surface area contributed by atoms with Gasteiger partial charge in [-0.2, -0.15) is 0 Å². The maximum atomic E-state index is 10.9. The van der Waals surface area contributed by atoms with Crippen molar-refractivity contribution in [3.05, 3.63) is 23.7 Å². The molecule has 68 valence electrons. The van der Waals surface area contributed by atoms with Crippen LogP contribution in [0.25, 0.3) is 0 Å². The third kappa shape index (κ3) is 5.08. The van der Waals surface area contributed by atoms with E-state index in [0.29, 0.717) is 12.5 Å². The van der Waals surface area contributed by atoms with Crippen LogP contribution in [-0.4, -0.2) is 6.61 Å². The zero-order valence-electron chi connectivity index (χ0n) is 8.67. The van der Waals surface area contributed by atoms with Crippen molar-refractivity contribution in [3.63, 3.8) is 0 Å². The molecule has 0 aliphatic heterocycles. The molecule has 0 saturated heterocycles. The van der Waals surface area contributed by atoms with Crippen molar-refractivity contribution in [2.24, 2.45) is 5.92 Å². The van der Waals surface area contributed by atoms with E-state index in [4.69, 9.17) is 4.74 Å². The van der Waals surface area contributed by atoms with Gasteiger partial charge in [0.1, 0.15) is 0 Å². The van der Waals surface area contributed by atoms with Crippen LogP contribution < -0.4 is 24.0 Å². The predicted octanol–water partition coefficient (Wildman–Crippen LogP) is -1.42. The second kappa shape index (κ2) is 6.18. The monoisotopic (exact) mass is 174 g/mol. The summed E-state index contributed by atoms with van der Waals surface area (Å²) >= 11 is 0. The van der Waals surface area contributed by atoms with Gasteiger partial charge in [-0.05, 0) is 18.4 Å². The molecule has 0 heterocycles. The van der Waals surface area contributed by atoms with E-state index in [1.165, 1.54) is 0 Å². The second-order valence-corrected chi connectivity index (χ2v) is 3.46. The Hall–Kier alpha value is -0.323.